The van der Waals surface area contributed by atoms with Gasteiger partial charge in [0.15, 0.2) is 0 Å². The Balaban J connectivity index is 1.46. The van der Waals surface area contributed by atoms with Crippen LogP contribution in [-0.2, 0) is 0 Å². The number of benzene rings is 2. The van der Waals surface area contributed by atoms with Crippen molar-refractivity contribution in [2.24, 2.45) is 5.73 Å². The lowest BCUT2D eigenvalue weighted by Crippen LogP contribution is -2.47. The zero-order valence-electron chi connectivity index (χ0n) is 16.7. The van der Waals surface area contributed by atoms with Crippen molar-refractivity contribution in [2.45, 2.75) is 44.7 Å². The van der Waals surface area contributed by atoms with Crippen LogP contribution in [-0.4, -0.2) is 23.1 Å². The second-order valence-electron chi connectivity index (χ2n) is 7.83. The molecule has 0 aliphatic heterocycles. The number of carbonyl (C=O) groups is 1. The third-order valence-corrected chi connectivity index (χ3v) is 5.70. The fraction of sp³-hybridized carbons (Fsp3) is 0.304. The van der Waals surface area contributed by atoms with E-state index < -0.39 is 17.7 Å². The number of halogens is 2. The number of anilines is 2. The van der Waals surface area contributed by atoms with Gasteiger partial charge in [0.1, 0.15) is 17.5 Å². The van der Waals surface area contributed by atoms with Gasteiger partial charge in [0.25, 0.3) is 0 Å². The molecule has 5 nitrogen and oxygen atoms in total. The molecule has 1 aliphatic rings. The van der Waals surface area contributed by atoms with Crippen LogP contribution in [0.25, 0.3) is 10.9 Å². The Morgan fingerprint density at radius 2 is 1.73 bits per heavy atom. The summed E-state index contributed by atoms with van der Waals surface area (Å²) in [5.41, 5.74) is 7.80. The van der Waals surface area contributed by atoms with E-state index in [4.69, 9.17) is 10.7 Å². The Morgan fingerprint density at radius 1 is 1.07 bits per heavy atom. The van der Waals surface area contributed by atoms with Crippen molar-refractivity contribution in [3.8, 4) is 0 Å². The summed E-state index contributed by atoms with van der Waals surface area (Å²) in [5, 5.41) is 4.63. The van der Waals surface area contributed by atoms with Crippen LogP contribution < -0.4 is 16.0 Å². The minimum Gasteiger partial charge on any atom is -0.367 e. The number of para-hydroxylation sites is 1. The SMILES string of the molecule is Cc1cc(NC2CCC(N(C(N)=O)c3cc(F)cc(F)c3)CC2)nc2ccccc12. The van der Waals surface area contributed by atoms with Gasteiger partial charge in [-0.3, -0.25) is 4.90 Å². The van der Waals surface area contributed by atoms with Crippen LogP contribution in [0.4, 0.5) is 25.1 Å². The van der Waals surface area contributed by atoms with Crippen molar-refractivity contribution in [3.05, 3.63) is 65.7 Å². The molecule has 3 N–H and O–H groups in total. The number of aromatic nitrogens is 1. The van der Waals surface area contributed by atoms with Crippen molar-refractivity contribution in [1.82, 2.24) is 4.98 Å². The Kier molecular flexibility index (Phi) is 5.53. The highest BCUT2D eigenvalue weighted by Gasteiger charge is 2.29. The van der Waals surface area contributed by atoms with Crippen LogP contribution >= 0.6 is 0 Å². The summed E-state index contributed by atoms with van der Waals surface area (Å²) < 4.78 is 27.3. The normalized spacial score (nSPS) is 18.9. The van der Waals surface area contributed by atoms with Gasteiger partial charge in [-0.2, -0.15) is 0 Å². The number of hydrogen-bond donors (Lipinski definition) is 2. The summed E-state index contributed by atoms with van der Waals surface area (Å²) in [6.45, 7) is 2.06. The lowest BCUT2D eigenvalue weighted by Gasteiger charge is -2.36. The maximum atomic E-state index is 13.6. The maximum absolute atomic E-state index is 13.6. The highest BCUT2D eigenvalue weighted by atomic mass is 19.1. The number of fused-ring (bicyclic) bond motifs is 1. The molecule has 1 heterocycles. The molecule has 1 fully saturated rings. The molecule has 30 heavy (non-hydrogen) atoms. The van der Waals surface area contributed by atoms with Crippen LogP contribution in [0, 0.1) is 18.6 Å². The number of aryl methyl sites for hydroxylation is 1. The number of nitrogens with zero attached hydrogens (tertiary/aromatic N) is 2. The number of urea groups is 1. The van der Waals surface area contributed by atoms with Crippen molar-refractivity contribution in [3.63, 3.8) is 0 Å². The van der Waals surface area contributed by atoms with E-state index in [1.54, 1.807) is 0 Å². The fourth-order valence-electron chi connectivity index (χ4n) is 4.31. The molecular formula is C23H24F2N4O. The van der Waals surface area contributed by atoms with E-state index in [-0.39, 0.29) is 17.8 Å². The standard InChI is InChI=1S/C23H24F2N4O/c1-14-10-22(28-21-5-3-2-4-20(14)21)27-17-6-8-18(9-7-17)29(23(26)30)19-12-15(24)11-16(25)13-19/h2-5,10-13,17-18H,6-9H2,1H3,(H2,26,30)(H,27,28). The molecule has 156 valence electrons. The Bertz CT molecular complexity index is 1060. The van der Waals surface area contributed by atoms with Gasteiger partial charge in [-0.05, 0) is 62.4 Å². The van der Waals surface area contributed by atoms with Gasteiger partial charge < -0.3 is 11.1 Å². The molecule has 0 atom stereocenters. The van der Waals surface area contributed by atoms with Crippen LogP contribution in [0.3, 0.4) is 0 Å². The van der Waals surface area contributed by atoms with Crippen molar-refractivity contribution < 1.29 is 13.6 Å². The van der Waals surface area contributed by atoms with Crippen LogP contribution in [0.2, 0.25) is 0 Å². The van der Waals surface area contributed by atoms with Crippen LogP contribution in [0.15, 0.2) is 48.5 Å². The number of carbonyl (C=O) groups excluding carboxylic acids is 1. The van der Waals surface area contributed by atoms with Crippen LogP contribution in [0.5, 0.6) is 0 Å². The average Bonchev–Trinajstić information content (AvgIpc) is 2.68. The maximum Gasteiger partial charge on any atom is 0.319 e. The van der Waals surface area contributed by atoms with Gasteiger partial charge in [0.05, 0.1) is 11.2 Å². The molecule has 0 unspecified atom stereocenters. The van der Waals surface area contributed by atoms with Gasteiger partial charge in [0.2, 0.25) is 0 Å². The molecule has 0 spiro atoms. The Morgan fingerprint density at radius 3 is 2.40 bits per heavy atom. The first-order valence-corrected chi connectivity index (χ1v) is 10.1. The van der Waals surface area contributed by atoms with Crippen molar-refractivity contribution in [2.75, 3.05) is 10.2 Å². The first kappa shape index (κ1) is 20.1. The molecular weight excluding hydrogens is 386 g/mol. The average molecular weight is 410 g/mol. The zero-order valence-corrected chi connectivity index (χ0v) is 16.7. The van der Waals surface area contributed by atoms with E-state index in [0.29, 0.717) is 12.8 Å². The zero-order chi connectivity index (χ0) is 21.3. The van der Waals surface area contributed by atoms with Crippen molar-refractivity contribution in [1.29, 1.82) is 0 Å². The topological polar surface area (TPSA) is 71.2 Å². The van der Waals surface area contributed by atoms with E-state index in [2.05, 4.69) is 18.3 Å². The lowest BCUT2D eigenvalue weighted by atomic mass is 9.90. The molecule has 7 heteroatoms. The highest BCUT2D eigenvalue weighted by Crippen LogP contribution is 2.30. The summed E-state index contributed by atoms with van der Waals surface area (Å²) >= 11 is 0. The molecule has 1 saturated carbocycles. The number of primary amides is 1. The molecule has 4 rings (SSSR count). The Hall–Kier alpha value is -3.22. The third kappa shape index (κ3) is 4.20. The predicted molar refractivity (Wildman–Crippen MR) is 115 cm³/mol. The van der Waals surface area contributed by atoms with Crippen LogP contribution in [0.1, 0.15) is 31.2 Å². The molecule has 2 aromatic carbocycles. The fourth-order valence-corrected chi connectivity index (χ4v) is 4.31. The monoisotopic (exact) mass is 410 g/mol. The highest BCUT2D eigenvalue weighted by molar-refractivity contribution is 5.91. The lowest BCUT2D eigenvalue weighted by molar-refractivity contribution is 0.248. The molecule has 0 saturated heterocycles. The minimum absolute atomic E-state index is 0.156. The van der Waals surface area contributed by atoms with Gasteiger partial charge in [0, 0.05) is 23.5 Å². The smallest absolute Gasteiger partial charge is 0.319 e. The molecule has 0 radical (unpaired) electrons. The number of pyridine rings is 1. The molecule has 1 aromatic heterocycles. The summed E-state index contributed by atoms with van der Waals surface area (Å²) in [5.74, 6) is -0.637. The first-order valence-electron chi connectivity index (χ1n) is 10.1. The quantitative estimate of drug-likeness (QED) is 0.626. The number of nitrogens with one attached hydrogen (secondary N) is 1. The van der Waals surface area contributed by atoms with E-state index in [0.717, 1.165) is 53.3 Å². The number of rotatable bonds is 4. The van der Waals surface area contributed by atoms with Crippen molar-refractivity contribution >= 4 is 28.4 Å². The third-order valence-electron chi connectivity index (χ3n) is 5.70. The summed E-state index contributed by atoms with van der Waals surface area (Å²) in [6.07, 6.45) is 2.93. The summed E-state index contributed by atoms with van der Waals surface area (Å²) in [6, 6.07) is 12.4. The second kappa shape index (κ2) is 8.26. The van der Waals surface area contributed by atoms with E-state index in [1.165, 1.54) is 4.90 Å². The molecule has 1 aliphatic carbocycles. The molecule has 0 bridgehead atoms. The largest absolute Gasteiger partial charge is 0.367 e. The Labute approximate surface area is 173 Å². The van der Waals surface area contributed by atoms with Gasteiger partial charge >= 0.3 is 6.03 Å². The predicted octanol–water partition coefficient (Wildman–Crippen LogP) is 5.13. The number of nitrogens with two attached hydrogens (primary N) is 1. The van der Waals surface area contributed by atoms with E-state index in [1.807, 2.05) is 24.3 Å². The number of hydrogen-bond acceptors (Lipinski definition) is 3. The van der Waals surface area contributed by atoms with E-state index in [9.17, 15) is 13.6 Å². The van der Waals surface area contributed by atoms with Gasteiger partial charge in [-0.15, -0.1) is 0 Å². The summed E-state index contributed by atoms with van der Waals surface area (Å²) in [7, 11) is 0. The van der Waals surface area contributed by atoms with Gasteiger partial charge in [-0.25, -0.2) is 18.6 Å². The van der Waals surface area contributed by atoms with E-state index >= 15 is 0 Å². The molecule has 2 amide bonds. The minimum atomic E-state index is -0.732. The summed E-state index contributed by atoms with van der Waals surface area (Å²) in [4.78, 5) is 18.0. The number of amides is 2. The second-order valence-corrected chi connectivity index (χ2v) is 7.83. The molecule has 3 aromatic rings. The first-order chi connectivity index (χ1) is 14.4. The van der Waals surface area contributed by atoms with Gasteiger partial charge in [-0.1, -0.05) is 18.2 Å².